The molecule has 0 radical (unpaired) electrons. The maximum Gasteiger partial charge on any atom is 0.252 e. The van der Waals surface area contributed by atoms with Crippen molar-refractivity contribution in [2.45, 2.75) is 85.0 Å². The van der Waals surface area contributed by atoms with Gasteiger partial charge in [0.05, 0.1) is 22.4 Å². The van der Waals surface area contributed by atoms with E-state index in [0.717, 1.165) is 24.9 Å². The highest BCUT2D eigenvalue weighted by Gasteiger charge is 2.46. The molecule has 1 aromatic heterocycles. The van der Waals surface area contributed by atoms with Crippen LogP contribution in [0.5, 0.6) is 0 Å². The molecule has 0 spiro atoms. The van der Waals surface area contributed by atoms with Gasteiger partial charge in [0, 0.05) is 61.5 Å². The van der Waals surface area contributed by atoms with Crippen molar-refractivity contribution in [1.82, 2.24) is 4.57 Å². The fraction of sp³-hybridized carbons (Fsp3) is 0.153. The van der Waals surface area contributed by atoms with Gasteiger partial charge in [0.25, 0.3) is 6.71 Å². The van der Waals surface area contributed by atoms with E-state index in [1.54, 1.807) is 0 Å². The number of nitrogens with zero attached hydrogens (tertiary/aromatic N) is 3. The second-order valence-electron chi connectivity index (χ2n) is 25.6. The molecular formula is C85H74BN3. The van der Waals surface area contributed by atoms with Crippen LogP contribution in [0.3, 0.4) is 0 Å². The van der Waals surface area contributed by atoms with Crippen LogP contribution in [0, 0.1) is 0 Å². The summed E-state index contributed by atoms with van der Waals surface area (Å²) < 4.78 is 2.51. The van der Waals surface area contributed by atoms with E-state index in [1.807, 2.05) is 0 Å². The number of rotatable bonds is 15. The lowest BCUT2D eigenvalue weighted by Crippen LogP contribution is -2.61. The minimum absolute atomic E-state index is 0.138. The molecule has 0 fully saturated rings. The van der Waals surface area contributed by atoms with Gasteiger partial charge >= 0.3 is 0 Å². The summed E-state index contributed by atoms with van der Waals surface area (Å²) in [6, 6.07) is 104. The molecule has 3 heterocycles. The molecular weight excluding hydrogens is 1070 g/mol. The largest absolute Gasteiger partial charge is 0.310 e. The Kier molecular flexibility index (Phi) is 14.6. The average Bonchev–Trinajstić information content (AvgIpc) is 1.02. The third kappa shape index (κ3) is 9.96. The molecule has 4 heteroatoms. The van der Waals surface area contributed by atoms with E-state index >= 15 is 0 Å². The molecule has 0 atom stereocenters. The first-order valence-electron chi connectivity index (χ1n) is 32.4. The van der Waals surface area contributed by atoms with Crippen LogP contribution in [0.2, 0.25) is 0 Å². The van der Waals surface area contributed by atoms with Crippen molar-refractivity contribution in [2.75, 3.05) is 9.80 Å². The van der Waals surface area contributed by atoms with Crippen LogP contribution < -0.4 is 26.2 Å². The summed E-state index contributed by atoms with van der Waals surface area (Å²) in [5, 5.41) is 2.50. The smallest absolute Gasteiger partial charge is 0.252 e. The molecule has 2 aliphatic heterocycles. The first-order chi connectivity index (χ1) is 43.7. The highest BCUT2D eigenvalue weighted by molar-refractivity contribution is 7.00. The maximum atomic E-state index is 2.75. The van der Waals surface area contributed by atoms with Gasteiger partial charge in [-0.2, -0.15) is 0 Å². The van der Waals surface area contributed by atoms with Crippen LogP contribution in [0.4, 0.5) is 34.1 Å². The number of unbranched alkanes of at least 4 members (excludes halogenated alkanes) is 4. The van der Waals surface area contributed by atoms with E-state index in [0.29, 0.717) is 0 Å². The Morgan fingerprint density at radius 2 is 0.809 bits per heavy atom. The van der Waals surface area contributed by atoms with Gasteiger partial charge in [-0.1, -0.05) is 267 Å². The van der Waals surface area contributed by atoms with E-state index in [-0.39, 0.29) is 12.1 Å². The van der Waals surface area contributed by atoms with Gasteiger partial charge in [0.1, 0.15) is 0 Å². The Morgan fingerprint density at radius 3 is 1.30 bits per heavy atom. The number of aryl methyl sites for hydroxylation is 2. The summed E-state index contributed by atoms with van der Waals surface area (Å²) in [6.07, 6.45) is 7.84. The number of para-hydroxylation sites is 2. The number of fused-ring (bicyclic) bond motifs is 7. The second-order valence-corrected chi connectivity index (χ2v) is 25.6. The van der Waals surface area contributed by atoms with E-state index in [4.69, 9.17) is 0 Å². The fourth-order valence-electron chi connectivity index (χ4n) is 14.6. The zero-order valence-corrected chi connectivity index (χ0v) is 51.8. The summed E-state index contributed by atoms with van der Waals surface area (Å²) >= 11 is 0. The van der Waals surface area contributed by atoms with Gasteiger partial charge in [-0.3, -0.25) is 0 Å². The quantitative estimate of drug-likeness (QED) is 0.0749. The van der Waals surface area contributed by atoms with Crippen LogP contribution in [-0.4, -0.2) is 11.3 Å². The lowest BCUT2D eigenvalue weighted by Gasteiger charge is -2.46. The zero-order valence-electron chi connectivity index (χ0n) is 51.8. The van der Waals surface area contributed by atoms with Gasteiger partial charge in [0.15, 0.2) is 0 Å². The molecule has 3 nitrogen and oxygen atoms in total. The summed E-state index contributed by atoms with van der Waals surface area (Å²) in [6.45, 7) is 11.5. The number of hydrogen-bond donors (Lipinski definition) is 0. The zero-order chi connectivity index (χ0) is 60.2. The lowest BCUT2D eigenvalue weighted by atomic mass is 9.33. The molecule has 0 aliphatic carbocycles. The molecule has 432 valence electrons. The fourth-order valence-corrected chi connectivity index (χ4v) is 14.6. The van der Waals surface area contributed by atoms with Crippen LogP contribution in [0.1, 0.15) is 83.4 Å². The highest BCUT2D eigenvalue weighted by Crippen LogP contribution is 2.54. The molecule has 0 saturated carbocycles. The van der Waals surface area contributed by atoms with E-state index in [2.05, 4.69) is 322 Å². The molecule has 15 rings (SSSR count). The summed E-state index contributed by atoms with van der Waals surface area (Å²) in [4.78, 5) is 5.47. The van der Waals surface area contributed by atoms with Gasteiger partial charge in [-0.25, -0.2) is 0 Å². The normalized spacial score (nSPS) is 12.6. The summed E-state index contributed by atoms with van der Waals surface area (Å²) in [5.41, 5.74) is 30.4. The number of anilines is 6. The van der Waals surface area contributed by atoms with Crippen molar-refractivity contribution in [3.05, 3.63) is 290 Å². The van der Waals surface area contributed by atoms with Crippen LogP contribution >= 0.6 is 0 Å². The van der Waals surface area contributed by atoms with Crippen LogP contribution in [-0.2, 0) is 18.3 Å². The van der Waals surface area contributed by atoms with E-state index in [9.17, 15) is 0 Å². The van der Waals surface area contributed by atoms with Crippen LogP contribution in [0.15, 0.2) is 273 Å². The minimum atomic E-state index is -0.156. The number of aromatic nitrogens is 1. The maximum absolute atomic E-state index is 2.75. The Labute approximate surface area is 526 Å². The first-order valence-corrected chi connectivity index (χ1v) is 32.4. The standard InChI is InChI=1S/C85H74BN3/c1-6-8-9-10-16-31-59-52-80-82-81(53-59)89(83-70(61-34-19-12-20-35-61)50-58(7-2)51-71(83)62-36-21-13-22-37-62)79-57-67(87-76-44-29-27-42-68(76)69-43-28-30-45-77(69)87)47-48-74(79)86(82)75-54-65(60-32-17-11-18-33-60)46-49-78(75)88(80)84-72(63-38-23-14-24-39-63)55-66(85(3,4)5)56-73(84)64-40-25-15-26-41-64/h11-15,17-30,32-57H,6-10,16,31H2,1-5H3. The average molecular weight is 1150 g/mol. The third-order valence-electron chi connectivity index (χ3n) is 19.0. The van der Waals surface area contributed by atoms with E-state index < -0.39 is 0 Å². The van der Waals surface area contributed by atoms with Crippen molar-refractivity contribution in [3.63, 3.8) is 0 Å². The molecule has 0 N–H and O–H groups in total. The Bertz CT molecular complexity index is 4580. The second kappa shape index (κ2) is 23.3. The van der Waals surface area contributed by atoms with Crippen molar-refractivity contribution in [3.8, 4) is 61.3 Å². The number of hydrogen-bond acceptors (Lipinski definition) is 2. The molecule has 2 aliphatic rings. The highest BCUT2D eigenvalue weighted by atomic mass is 15.2. The molecule has 13 aromatic rings. The minimum Gasteiger partial charge on any atom is -0.310 e. The Hall–Kier alpha value is -9.90. The van der Waals surface area contributed by atoms with Gasteiger partial charge in [-0.05, 0) is 158 Å². The van der Waals surface area contributed by atoms with Crippen molar-refractivity contribution >= 4 is 79.0 Å². The topological polar surface area (TPSA) is 11.4 Å². The first kappa shape index (κ1) is 55.7. The van der Waals surface area contributed by atoms with Crippen LogP contribution in [0.25, 0.3) is 83.1 Å². The predicted octanol–water partition coefficient (Wildman–Crippen LogP) is 21.6. The van der Waals surface area contributed by atoms with Gasteiger partial charge in [-0.15, -0.1) is 0 Å². The molecule has 0 bridgehead atoms. The van der Waals surface area contributed by atoms with Gasteiger partial charge in [0.2, 0.25) is 0 Å². The molecule has 12 aromatic carbocycles. The van der Waals surface area contributed by atoms with Crippen molar-refractivity contribution in [1.29, 1.82) is 0 Å². The monoisotopic (exact) mass is 1150 g/mol. The Morgan fingerprint density at radius 1 is 0.348 bits per heavy atom. The molecule has 89 heavy (non-hydrogen) atoms. The Balaban J connectivity index is 1.12. The SMILES string of the molecule is CCCCCCCc1cc2c3c(c1)N(c1c(-c4ccccc4)cc(CC)cc1-c1ccccc1)c1cc(-n4c5ccccc5c5ccccc54)ccc1B3c1cc(-c3ccccc3)ccc1N2c1c(-c2ccccc2)cc(C(C)(C)C)cc1-c1ccccc1. The lowest BCUT2D eigenvalue weighted by molar-refractivity contribution is 0.591. The molecule has 0 amide bonds. The molecule has 0 unspecified atom stereocenters. The number of benzene rings is 12. The van der Waals surface area contributed by atoms with Crippen molar-refractivity contribution in [2.24, 2.45) is 0 Å². The summed E-state index contributed by atoms with van der Waals surface area (Å²) in [7, 11) is 0. The predicted molar refractivity (Wildman–Crippen MR) is 383 cm³/mol. The van der Waals surface area contributed by atoms with E-state index in [1.165, 1.54) is 170 Å². The molecule has 0 saturated heterocycles. The summed E-state index contributed by atoms with van der Waals surface area (Å²) in [5.74, 6) is 0. The van der Waals surface area contributed by atoms with Gasteiger partial charge < -0.3 is 14.4 Å². The third-order valence-corrected chi connectivity index (χ3v) is 19.0. The van der Waals surface area contributed by atoms with Crippen molar-refractivity contribution < 1.29 is 0 Å².